The largest absolute Gasteiger partial charge is 0.345 e. The van der Waals surface area contributed by atoms with Crippen molar-refractivity contribution in [2.75, 3.05) is 0 Å². The van der Waals surface area contributed by atoms with Gasteiger partial charge in [0.1, 0.15) is 0 Å². The lowest BCUT2D eigenvalue weighted by Crippen LogP contribution is -2.27. The molecule has 4 rings (SSSR count). The standard InChI is InChI=1S/C24H28N6O/c1-6-29-14-21(16(4)28-29)23-12-19(18-10-8-9-11-22(18)27-23)24(31)26-15(3)20-13-25-30(7-2)17(20)5/h8-15H,6-7H2,1-5H3,(H,26,31). The molecule has 0 saturated carbocycles. The van der Waals surface area contributed by atoms with Gasteiger partial charge >= 0.3 is 0 Å². The molecule has 1 atom stereocenters. The summed E-state index contributed by atoms with van der Waals surface area (Å²) in [5, 5.41) is 12.9. The number of nitrogens with zero attached hydrogens (tertiary/aromatic N) is 5. The molecular formula is C24H28N6O. The molecule has 0 spiro atoms. The molecule has 0 fully saturated rings. The van der Waals surface area contributed by atoms with Crippen molar-refractivity contribution in [2.45, 2.75) is 53.8 Å². The number of pyridine rings is 1. The maximum absolute atomic E-state index is 13.4. The molecule has 1 aromatic carbocycles. The molecule has 31 heavy (non-hydrogen) atoms. The predicted molar refractivity (Wildman–Crippen MR) is 122 cm³/mol. The monoisotopic (exact) mass is 416 g/mol. The van der Waals surface area contributed by atoms with Crippen LogP contribution in [0.5, 0.6) is 0 Å². The minimum atomic E-state index is -0.159. The Morgan fingerprint density at radius 2 is 1.94 bits per heavy atom. The van der Waals surface area contributed by atoms with E-state index in [9.17, 15) is 4.79 Å². The van der Waals surface area contributed by atoms with Crippen LogP contribution in [0.2, 0.25) is 0 Å². The summed E-state index contributed by atoms with van der Waals surface area (Å²) in [4.78, 5) is 18.2. The van der Waals surface area contributed by atoms with Gasteiger partial charge < -0.3 is 5.32 Å². The second-order valence-electron chi connectivity index (χ2n) is 7.75. The zero-order chi connectivity index (χ0) is 22.1. The molecular weight excluding hydrogens is 388 g/mol. The Morgan fingerprint density at radius 1 is 1.16 bits per heavy atom. The van der Waals surface area contributed by atoms with Crippen LogP contribution in [0.15, 0.2) is 42.7 Å². The van der Waals surface area contributed by atoms with Crippen LogP contribution in [0.4, 0.5) is 0 Å². The third-order valence-electron chi connectivity index (χ3n) is 5.76. The van der Waals surface area contributed by atoms with E-state index < -0.39 is 0 Å². The first kappa shape index (κ1) is 20.8. The zero-order valence-corrected chi connectivity index (χ0v) is 18.7. The normalized spacial score (nSPS) is 12.3. The van der Waals surface area contributed by atoms with E-state index in [1.807, 2.05) is 79.8 Å². The fraction of sp³-hybridized carbons (Fsp3) is 0.333. The first-order valence-electron chi connectivity index (χ1n) is 10.7. The first-order valence-corrected chi connectivity index (χ1v) is 10.7. The molecule has 3 aromatic heterocycles. The van der Waals surface area contributed by atoms with E-state index in [4.69, 9.17) is 4.98 Å². The number of rotatable bonds is 6. The van der Waals surface area contributed by atoms with Gasteiger partial charge in [-0.2, -0.15) is 10.2 Å². The molecule has 0 aliphatic heterocycles. The Kier molecular flexibility index (Phi) is 5.59. The van der Waals surface area contributed by atoms with E-state index >= 15 is 0 Å². The average Bonchev–Trinajstić information content (AvgIpc) is 3.34. The van der Waals surface area contributed by atoms with Crippen LogP contribution < -0.4 is 5.32 Å². The topological polar surface area (TPSA) is 77.6 Å². The Bertz CT molecular complexity index is 1250. The third kappa shape index (κ3) is 3.83. The highest BCUT2D eigenvalue weighted by Crippen LogP contribution is 2.27. The van der Waals surface area contributed by atoms with Crippen molar-refractivity contribution in [3.8, 4) is 11.3 Å². The molecule has 0 aliphatic rings. The Balaban J connectivity index is 1.74. The first-order chi connectivity index (χ1) is 14.9. The molecule has 1 N–H and O–H groups in total. The Morgan fingerprint density at radius 3 is 2.61 bits per heavy atom. The molecule has 7 nitrogen and oxygen atoms in total. The molecule has 3 heterocycles. The summed E-state index contributed by atoms with van der Waals surface area (Å²) in [6.07, 6.45) is 3.82. The molecule has 0 radical (unpaired) electrons. The minimum Gasteiger partial charge on any atom is -0.345 e. The lowest BCUT2D eigenvalue weighted by atomic mass is 10.0. The number of para-hydroxylation sites is 1. The van der Waals surface area contributed by atoms with Gasteiger partial charge in [-0.15, -0.1) is 0 Å². The molecule has 7 heteroatoms. The van der Waals surface area contributed by atoms with Crippen LogP contribution in [0.25, 0.3) is 22.2 Å². The van der Waals surface area contributed by atoms with Gasteiger partial charge in [-0.1, -0.05) is 18.2 Å². The fourth-order valence-electron chi connectivity index (χ4n) is 3.99. The fourth-order valence-corrected chi connectivity index (χ4v) is 3.99. The van der Waals surface area contributed by atoms with E-state index in [2.05, 4.69) is 22.4 Å². The number of carbonyl (C=O) groups excluding carboxylic acids is 1. The van der Waals surface area contributed by atoms with Gasteiger partial charge in [0.2, 0.25) is 0 Å². The number of amides is 1. The molecule has 1 amide bonds. The summed E-state index contributed by atoms with van der Waals surface area (Å²) in [6.45, 7) is 11.7. The number of aromatic nitrogens is 5. The van der Waals surface area contributed by atoms with Gasteiger partial charge in [0, 0.05) is 41.5 Å². The van der Waals surface area contributed by atoms with Crippen LogP contribution in [0.1, 0.15) is 54.1 Å². The maximum atomic E-state index is 13.4. The van der Waals surface area contributed by atoms with E-state index in [1.165, 1.54) is 0 Å². The number of benzene rings is 1. The zero-order valence-electron chi connectivity index (χ0n) is 18.7. The summed E-state index contributed by atoms with van der Waals surface area (Å²) in [7, 11) is 0. The summed E-state index contributed by atoms with van der Waals surface area (Å²) in [5.41, 5.74) is 6.07. The summed E-state index contributed by atoms with van der Waals surface area (Å²) < 4.78 is 3.82. The lowest BCUT2D eigenvalue weighted by molar-refractivity contribution is 0.0941. The van der Waals surface area contributed by atoms with Gasteiger partial charge in [-0.25, -0.2) is 4.98 Å². The molecule has 4 aromatic rings. The van der Waals surface area contributed by atoms with Crippen molar-refractivity contribution in [3.05, 3.63) is 65.2 Å². The number of nitrogens with one attached hydrogen (secondary N) is 1. The highest BCUT2D eigenvalue weighted by molar-refractivity contribution is 6.07. The van der Waals surface area contributed by atoms with Gasteiger partial charge in [-0.05, 0) is 46.8 Å². The average molecular weight is 417 g/mol. The molecule has 0 saturated heterocycles. The van der Waals surface area contributed by atoms with E-state index in [0.29, 0.717) is 5.56 Å². The van der Waals surface area contributed by atoms with Crippen molar-refractivity contribution in [2.24, 2.45) is 0 Å². The number of fused-ring (bicyclic) bond motifs is 1. The number of hydrogen-bond acceptors (Lipinski definition) is 4. The SMILES string of the molecule is CCn1cc(-c2cc(C(=O)NC(C)c3cnn(CC)c3C)c3ccccc3n2)c(C)n1. The number of hydrogen-bond donors (Lipinski definition) is 1. The quantitative estimate of drug-likeness (QED) is 0.504. The van der Waals surface area contributed by atoms with E-state index in [-0.39, 0.29) is 11.9 Å². The summed E-state index contributed by atoms with van der Waals surface area (Å²) in [5.74, 6) is -0.128. The summed E-state index contributed by atoms with van der Waals surface area (Å²) >= 11 is 0. The minimum absolute atomic E-state index is 0.128. The van der Waals surface area contributed by atoms with Gasteiger partial charge in [0.15, 0.2) is 0 Å². The number of aryl methyl sites for hydroxylation is 3. The van der Waals surface area contributed by atoms with Crippen LogP contribution in [-0.4, -0.2) is 30.5 Å². The van der Waals surface area contributed by atoms with Crippen LogP contribution in [0, 0.1) is 13.8 Å². The van der Waals surface area contributed by atoms with Crippen LogP contribution in [-0.2, 0) is 13.1 Å². The van der Waals surface area contributed by atoms with Crippen LogP contribution in [0.3, 0.4) is 0 Å². The van der Waals surface area contributed by atoms with Crippen molar-refractivity contribution in [1.82, 2.24) is 29.9 Å². The highest BCUT2D eigenvalue weighted by atomic mass is 16.1. The molecule has 160 valence electrons. The second kappa shape index (κ2) is 8.34. The smallest absolute Gasteiger partial charge is 0.252 e. The van der Waals surface area contributed by atoms with Crippen molar-refractivity contribution < 1.29 is 4.79 Å². The van der Waals surface area contributed by atoms with E-state index in [1.54, 1.807) is 0 Å². The van der Waals surface area contributed by atoms with Gasteiger partial charge in [-0.3, -0.25) is 14.2 Å². The molecule has 0 aliphatic carbocycles. The highest BCUT2D eigenvalue weighted by Gasteiger charge is 2.20. The maximum Gasteiger partial charge on any atom is 0.252 e. The van der Waals surface area contributed by atoms with Gasteiger partial charge in [0.05, 0.1) is 34.7 Å². The predicted octanol–water partition coefficient (Wildman–Crippen LogP) is 4.44. The summed E-state index contributed by atoms with van der Waals surface area (Å²) in [6, 6.07) is 9.46. The van der Waals surface area contributed by atoms with E-state index in [0.717, 1.165) is 52.2 Å². The molecule has 0 bridgehead atoms. The Labute approximate surface area is 182 Å². The number of carbonyl (C=O) groups is 1. The van der Waals surface area contributed by atoms with Crippen LogP contribution >= 0.6 is 0 Å². The lowest BCUT2D eigenvalue weighted by Gasteiger charge is -2.16. The van der Waals surface area contributed by atoms with Crippen molar-refractivity contribution in [3.63, 3.8) is 0 Å². The van der Waals surface area contributed by atoms with Crippen molar-refractivity contribution in [1.29, 1.82) is 0 Å². The Hall–Kier alpha value is -3.48. The van der Waals surface area contributed by atoms with Crippen molar-refractivity contribution >= 4 is 16.8 Å². The van der Waals surface area contributed by atoms with Gasteiger partial charge in [0.25, 0.3) is 5.91 Å². The third-order valence-corrected chi connectivity index (χ3v) is 5.76. The second-order valence-corrected chi connectivity index (χ2v) is 7.75. The molecule has 1 unspecified atom stereocenters.